The molecule has 2 aromatic rings. The van der Waals surface area contributed by atoms with E-state index in [1.165, 1.54) is 23.8 Å². The van der Waals surface area contributed by atoms with E-state index in [0.717, 1.165) is 24.1 Å². The number of nitrogens with one attached hydrogen (secondary N) is 2. The fraction of sp³-hybridized carbons (Fsp3) is 0.450. The molecule has 146 valence electrons. The number of amides is 2. The van der Waals surface area contributed by atoms with E-state index in [9.17, 15) is 9.59 Å². The summed E-state index contributed by atoms with van der Waals surface area (Å²) < 4.78 is 0. The lowest BCUT2D eigenvalue weighted by atomic mass is 9.87. The molecular formula is C20H28N4O2S. The third kappa shape index (κ3) is 6.45. The molecule has 0 saturated heterocycles. The standard InChI is InChI=1S/C20H28N4O2S/c1-13(25)22-11-5-6-14-7-9-15(10-8-14)16-12-27-19(23-16)24-18(26)17(21)20(2,3)4/h7-10,12,17H,5-6,11,21H2,1-4H3,(H,22,25)(H,23,24,26)/t17-/m1/s1. The second-order valence-electron chi connectivity index (χ2n) is 7.65. The van der Waals surface area contributed by atoms with Crippen LogP contribution in [0.1, 0.15) is 39.7 Å². The number of benzene rings is 1. The van der Waals surface area contributed by atoms with Gasteiger partial charge in [0.25, 0.3) is 0 Å². The lowest BCUT2D eigenvalue weighted by Crippen LogP contribution is -2.45. The van der Waals surface area contributed by atoms with Crippen LogP contribution in [0.25, 0.3) is 11.3 Å². The van der Waals surface area contributed by atoms with Crippen molar-refractivity contribution < 1.29 is 9.59 Å². The first kappa shape index (κ1) is 21.1. The molecule has 1 aromatic heterocycles. The number of anilines is 1. The van der Waals surface area contributed by atoms with Gasteiger partial charge in [0.05, 0.1) is 11.7 Å². The van der Waals surface area contributed by atoms with E-state index in [0.29, 0.717) is 11.7 Å². The van der Waals surface area contributed by atoms with Crippen molar-refractivity contribution in [3.8, 4) is 11.3 Å². The van der Waals surface area contributed by atoms with Crippen molar-refractivity contribution in [3.05, 3.63) is 35.2 Å². The molecule has 0 fully saturated rings. The Morgan fingerprint density at radius 2 is 1.89 bits per heavy atom. The summed E-state index contributed by atoms with van der Waals surface area (Å²) in [4.78, 5) is 27.6. The number of nitrogens with zero attached hydrogens (tertiary/aromatic N) is 1. The fourth-order valence-corrected chi connectivity index (χ4v) is 3.16. The summed E-state index contributed by atoms with van der Waals surface area (Å²) >= 11 is 1.39. The molecule has 2 rings (SSSR count). The van der Waals surface area contributed by atoms with Crippen LogP contribution in [0.3, 0.4) is 0 Å². The highest BCUT2D eigenvalue weighted by Gasteiger charge is 2.28. The molecular weight excluding hydrogens is 360 g/mol. The molecule has 1 atom stereocenters. The maximum atomic E-state index is 12.2. The normalized spacial score (nSPS) is 12.5. The average Bonchev–Trinajstić information content (AvgIpc) is 3.06. The Kier molecular flexibility index (Phi) is 7.10. The number of aromatic nitrogens is 1. The van der Waals surface area contributed by atoms with Gasteiger partial charge in [0.2, 0.25) is 11.8 Å². The summed E-state index contributed by atoms with van der Waals surface area (Å²) in [5, 5.41) is 8.07. The van der Waals surface area contributed by atoms with Crippen molar-refractivity contribution in [1.82, 2.24) is 10.3 Å². The third-order valence-corrected chi connectivity index (χ3v) is 4.97. The lowest BCUT2D eigenvalue weighted by Gasteiger charge is -2.25. The lowest BCUT2D eigenvalue weighted by molar-refractivity contribution is -0.120. The van der Waals surface area contributed by atoms with Crippen molar-refractivity contribution in [3.63, 3.8) is 0 Å². The molecule has 0 bridgehead atoms. The maximum Gasteiger partial charge on any atom is 0.243 e. The Morgan fingerprint density at radius 3 is 2.48 bits per heavy atom. The molecule has 0 radical (unpaired) electrons. The van der Waals surface area contributed by atoms with Crippen LogP contribution >= 0.6 is 11.3 Å². The highest BCUT2D eigenvalue weighted by molar-refractivity contribution is 7.14. The van der Waals surface area contributed by atoms with Crippen LogP contribution in [-0.2, 0) is 16.0 Å². The van der Waals surface area contributed by atoms with E-state index in [1.54, 1.807) is 0 Å². The van der Waals surface area contributed by atoms with Crippen LogP contribution in [0.2, 0.25) is 0 Å². The topological polar surface area (TPSA) is 97.1 Å². The molecule has 4 N–H and O–H groups in total. The highest BCUT2D eigenvalue weighted by atomic mass is 32.1. The minimum absolute atomic E-state index is 0.000215. The molecule has 0 aliphatic heterocycles. The molecule has 0 spiro atoms. The number of aryl methyl sites for hydroxylation is 1. The summed E-state index contributed by atoms with van der Waals surface area (Å²) in [6.07, 6.45) is 1.81. The predicted molar refractivity (Wildman–Crippen MR) is 111 cm³/mol. The average molecular weight is 389 g/mol. The van der Waals surface area contributed by atoms with E-state index < -0.39 is 6.04 Å². The van der Waals surface area contributed by atoms with Gasteiger partial charge in [-0.25, -0.2) is 4.98 Å². The highest BCUT2D eigenvalue weighted by Crippen LogP contribution is 2.26. The van der Waals surface area contributed by atoms with Crippen molar-refractivity contribution in [2.75, 3.05) is 11.9 Å². The van der Waals surface area contributed by atoms with Gasteiger partial charge < -0.3 is 16.4 Å². The van der Waals surface area contributed by atoms with Crippen LogP contribution < -0.4 is 16.4 Å². The van der Waals surface area contributed by atoms with Crippen LogP contribution in [-0.4, -0.2) is 29.4 Å². The maximum absolute atomic E-state index is 12.2. The quantitative estimate of drug-likeness (QED) is 0.635. The molecule has 27 heavy (non-hydrogen) atoms. The molecule has 2 amide bonds. The van der Waals surface area contributed by atoms with Gasteiger partial charge in [-0.3, -0.25) is 9.59 Å². The van der Waals surface area contributed by atoms with Gasteiger partial charge in [-0.1, -0.05) is 45.0 Å². The third-order valence-electron chi connectivity index (χ3n) is 4.22. The zero-order valence-corrected chi connectivity index (χ0v) is 17.2. The second kappa shape index (κ2) is 9.10. The first-order chi connectivity index (χ1) is 12.7. The number of carbonyl (C=O) groups excluding carboxylic acids is 2. The van der Waals surface area contributed by atoms with E-state index in [-0.39, 0.29) is 17.2 Å². The molecule has 0 aliphatic rings. The van der Waals surface area contributed by atoms with Gasteiger partial charge in [-0.15, -0.1) is 11.3 Å². The summed E-state index contributed by atoms with van der Waals surface area (Å²) in [5.41, 5.74) is 8.71. The van der Waals surface area contributed by atoms with Crippen LogP contribution in [0, 0.1) is 5.41 Å². The first-order valence-corrected chi connectivity index (χ1v) is 9.90. The number of nitrogens with two attached hydrogens (primary N) is 1. The first-order valence-electron chi connectivity index (χ1n) is 9.02. The van der Waals surface area contributed by atoms with Gasteiger partial charge in [0, 0.05) is 24.4 Å². The van der Waals surface area contributed by atoms with Gasteiger partial charge >= 0.3 is 0 Å². The second-order valence-corrected chi connectivity index (χ2v) is 8.51. The molecule has 1 heterocycles. The fourth-order valence-electron chi connectivity index (χ4n) is 2.44. The van der Waals surface area contributed by atoms with E-state index >= 15 is 0 Å². The van der Waals surface area contributed by atoms with Crippen LogP contribution in [0.5, 0.6) is 0 Å². The Hall–Kier alpha value is -2.25. The zero-order valence-electron chi connectivity index (χ0n) is 16.3. The summed E-state index contributed by atoms with van der Waals surface area (Å²) in [7, 11) is 0. The largest absolute Gasteiger partial charge is 0.356 e. The zero-order chi connectivity index (χ0) is 20.0. The number of rotatable bonds is 7. The Labute approximate surface area is 164 Å². The van der Waals surface area contributed by atoms with Crippen molar-refractivity contribution in [2.24, 2.45) is 11.1 Å². The Morgan fingerprint density at radius 1 is 1.22 bits per heavy atom. The number of hydrogen-bond acceptors (Lipinski definition) is 5. The van der Waals surface area contributed by atoms with Gasteiger partial charge in [0.1, 0.15) is 0 Å². The monoisotopic (exact) mass is 388 g/mol. The SMILES string of the molecule is CC(=O)NCCCc1ccc(-c2csc(NC(=O)[C@@H](N)C(C)(C)C)n2)cc1. The number of carbonyl (C=O) groups is 2. The van der Waals surface area contributed by atoms with E-state index in [4.69, 9.17) is 5.73 Å². The smallest absolute Gasteiger partial charge is 0.243 e. The minimum atomic E-state index is -0.596. The van der Waals surface area contributed by atoms with E-state index in [1.807, 2.05) is 38.3 Å². The summed E-state index contributed by atoms with van der Waals surface area (Å²) in [6.45, 7) is 8.01. The van der Waals surface area contributed by atoms with Crippen molar-refractivity contribution in [1.29, 1.82) is 0 Å². The Balaban J connectivity index is 1.94. The van der Waals surface area contributed by atoms with Crippen molar-refractivity contribution in [2.45, 2.75) is 46.6 Å². The van der Waals surface area contributed by atoms with Crippen molar-refractivity contribution >= 4 is 28.3 Å². The molecule has 0 unspecified atom stereocenters. The Bertz CT molecular complexity index is 778. The van der Waals surface area contributed by atoms with Crippen LogP contribution in [0.15, 0.2) is 29.6 Å². The molecule has 1 aromatic carbocycles. The number of hydrogen-bond donors (Lipinski definition) is 3. The van der Waals surface area contributed by atoms with E-state index in [2.05, 4.69) is 27.8 Å². The summed E-state index contributed by atoms with van der Waals surface area (Å²) in [6, 6.07) is 7.58. The van der Waals surface area contributed by atoms with Gasteiger partial charge in [-0.05, 0) is 23.8 Å². The molecule has 0 saturated carbocycles. The molecule has 0 aliphatic carbocycles. The number of thiazole rings is 1. The summed E-state index contributed by atoms with van der Waals surface area (Å²) in [5.74, 6) is -0.224. The molecule has 7 heteroatoms. The van der Waals surface area contributed by atoms with Gasteiger partial charge in [0.15, 0.2) is 5.13 Å². The predicted octanol–water partition coefficient (Wildman–Crippen LogP) is 3.19. The van der Waals surface area contributed by atoms with Gasteiger partial charge in [-0.2, -0.15) is 0 Å². The minimum Gasteiger partial charge on any atom is -0.356 e. The van der Waals surface area contributed by atoms with Crippen LogP contribution in [0.4, 0.5) is 5.13 Å². The molecule has 6 nitrogen and oxygen atoms in total.